The second-order valence-corrected chi connectivity index (χ2v) is 4.64. The first-order valence-electron chi connectivity index (χ1n) is 4.15. The van der Waals surface area contributed by atoms with Gasteiger partial charge < -0.3 is 9.66 Å². The summed E-state index contributed by atoms with van der Waals surface area (Å²) >= 11 is 0. The molecular formula is C7H16NNaO4S. The van der Waals surface area contributed by atoms with Crippen LogP contribution in [0.25, 0.3) is 0 Å². The summed E-state index contributed by atoms with van der Waals surface area (Å²) in [5.74, 6) is -0.398. The fourth-order valence-corrected chi connectivity index (χ4v) is 1.44. The van der Waals surface area contributed by atoms with Gasteiger partial charge in [-0.15, -0.1) is 0 Å². The molecule has 0 aliphatic carbocycles. The number of aliphatic hydroxyl groups excluding tert-OH is 1. The molecule has 0 aromatic rings. The Balaban J connectivity index is 0. The zero-order chi connectivity index (χ0) is 10.5. The Kier molecular flexibility index (Phi) is 9.89. The standard InChI is InChI=1S/C7H17NO4S.Na/c1-7(2)8(3-5-9)4-6-13(10,11)12;/h7,9H,3-6H2,1-2H3,(H,10,11,12);/q;+1/p-1. The molecule has 0 aromatic carbocycles. The van der Waals surface area contributed by atoms with Crippen LogP contribution < -0.4 is 29.6 Å². The van der Waals surface area contributed by atoms with E-state index in [1.807, 2.05) is 13.8 Å². The van der Waals surface area contributed by atoms with Crippen LogP contribution in [-0.2, 0) is 10.1 Å². The zero-order valence-electron chi connectivity index (χ0n) is 8.93. The van der Waals surface area contributed by atoms with Crippen molar-refractivity contribution < 1.29 is 47.6 Å². The molecule has 0 atom stereocenters. The van der Waals surface area contributed by atoms with Crippen molar-refractivity contribution in [3.63, 3.8) is 0 Å². The molecule has 5 nitrogen and oxygen atoms in total. The van der Waals surface area contributed by atoms with Gasteiger partial charge in [-0.2, -0.15) is 0 Å². The second-order valence-electron chi connectivity index (χ2n) is 3.12. The van der Waals surface area contributed by atoms with Gasteiger partial charge in [0.05, 0.1) is 22.5 Å². The zero-order valence-corrected chi connectivity index (χ0v) is 11.7. The van der Waals surface area contributed by atoms with Gasteiger partial charge in [-0.1, -0.05) is 0 Å². The summed E-state index contributed by atoms with van der Waals surface area (Å²) in [6, 6.07) is 0.133. The second kappa shape index (κ2) is 8.04. The summed E-state index contributed by atoms with van der Waals surface area (Å²) in [4.78, 5) is 1.75. The van der Waals surface area contributed by atoms with Crippen LogP contribution in [0.15, 0.2) is 0 Å². The Morgan fingerprint density at radius 2 is 1.86 bits per heavy atom. The molecule has 0 unspecified atom stereocenters. The van der Waals surface area contributed by atoms with Gasteiger partial charge in [0.2, 0.25) is 0 Å². The largest absolute Gasteiger partial charge is 1.00 e. The van der Waals surface area contributed by atoms with Crippen LogP contribution in [0, 0.1) is 0 Å². The first-order chi connectivity index (χ1) is 5.87. The van der Waals surface area contributed by atoms with Crippen LogP contribution in [-0.4, -0.2) is 54.5 Å². The van der Waals surface area contributed by atoms with E-state index in [2.05, 4.69) is 0 Å². The number of hydrogen-bond donors (Lipinski definition) is 1. The number of hydrogen-bond acceptors (Lipinski definition) is 5. The molecule has 0 spiro atoms. The molecule has 0 rings (SSSR count). The molecule has 0 amide bonds. The van der Waals surface area contributed by atoms with E-state index in [1.165, 1.54) is 0 Å². The first kappa shape index (κ1) is 17.2. The van der Waals surface area contributed by atoms with E-state index < -0.39 is 15.9 Å². The fourth-order valence-electron chi connectivity index (χ4n) is 0.986. The van der Waals surface area contributed by atoms with E-state index in [0.29, 0.717) is 6.54 Å². The van der Waals surface area contributed by atoms with E-state index in [0.717, 1.165) is 0 Å². The van der Waals surface area contributed by atoms with Crippen LogP contribution in [0.1, 0.15) is 13.8 Å². The molecule has 0 aliphatic rings. The van der Waals surface area contributed by atoms with Crippen molar-refractivity contribution in [2.24, 2.45) is 0 Å². The van der Waals surface area contributed by atoms with E-state index in [1.54, 1.807) is 4.90 Å². The summed E-state index contributed by atoms with van der Waals surface area (Å²) in [6.07, 6.45) is 0. The Bertz CT molecular complexity index is 230. The van der Waals surface area contributed by atoms with Crippen molar-refractivity contribution >= 4 is 10.1 Å². The van der Waals surface area contributed by atoms with E-state index in [9.17, 15) is 13.0 Å². The molecule has 0 bridgehead atoms. The molecule has 0 fully saturated rings. The third kappa shape index (κ3) is 9.39. The Hall–Kier alpha value is 0.830. The van der Waals surface area contributed by atoms with E-state index >= 15 is 0 Å². The molecule has 80 valence electrons. The van der Waals surface area contributed by atoms with E-state index in [4.69, 9.17) is 5.11 Å². The molecular weight excluding hydrogens is 217 g/mol. The minimum absolute atomic E-state index is 0. The summed E-state index contributed by atoms with van der Waals surface area (Å²) in [6.45, 7) is 4.31. The number of nitrogens with zero attached hydrogens (tertiary/aromatic N) is 1. The molecule has 0 saturated carbocycles. The van der Waals surface area contributed by atoms with E-state index in [-0.39, 0.29) is 48.8 Å². The molecule has 0 aliphatic heterocycles. The van der Waals surface area contributed by atoms with Gasteiger partial charge in [-0.25, -0.2) is 8.42 Å². The number of rotatable bonds is 6. The van der Waals surface area contributed by atoms with Crippen LogP contribution in [0.4, 0.5) is 0 Å². The average Bonchev–Trinajstić information content (AvgIpc) is 1.95. The minimum atomic E-state index is -4.14. The Labute approximate surface area is 108 Å². The monoisotopic (exact) mass is 233 g/mol. The maximum atomic E-state index is 10.3. The maximum Gasteiger partial charge on any atom is 1.00 e. The predicted octanol–water partition coefficient (Wildman–Crippen LogP) is -3.76. The van der Waals surface area contributed by atoms with Crippen LogP contribution in [0.3, 0.4) is 0 Å². The van der Waals surface area contributed by atoms with Gasteiger partial charge >= 0.3 is 29.6 Å². The summed E-state index contributed by atoms with van der Waals surface area (Å²) in [5, 5.41) is 8.65. The van der Waals surface area contributed by atoms with Crippen molar-refractivity contribution in [1.29, 1.82) is 0 Å². The predicted molar refractivity (Wildman–Crippen MR) is 48.4 cm³/mol. The first-order valence-corrected chi connectivity index (χ1v) is 5.73. The van der Waals surface area contributed by atoms with Gasteiger partial charge in [-0.05, 0) is 13.8 Å². The number of aliphatic hydroxyl groups is 1. The third-order valence-electron chi connectivity index (χ3n) is 1.75. The smallest absolute Gasteiger partial charge is 0.748 e. The Morgan fingerprint density at radius 1 is 1.36 bits per heavy atom. The molecule has 7 heteroatoms. The van der Waals surface area contributed by atoms with Crippen molar-refractivity contribution in [2.45, 2.75) is 19.9 Å². The molecule has 0 radical (unpaired) electrons. The summed E-state index contributed by atoms with van der Waals surface area (Å²) in [5.41, 5.74) is 0. The fraction of sp³-hybridized carbons (Fsp3) is 1.00. The van der Waals surface area contributed by atoms with Gasteiger partial charge in [0.25, 0.3) is 0 Å². The van der Waals surface area contributed by atoms with Crippen molar-refractivity contribution in [3.8, 4) is 0 Å². The van der Waals surface area contributed by atoms with Gasteiger partial charge in [0.15, 0.2) is 0 Å². The van der Waals surface area contributed by atoms with Gasteiger partial charge in [0, 0.05) is 19.1 Å². The average molecular weight is 233 g/mol. The molecule has 1 N–H and O–H groups in total. The topological polar surface area (TPSA) is 80.7 Å². The van der Waals surface area contributed by atoms with Crippen LogP contribution in [0.5, 0.6) is 0 Å². The van der Waals surface area contributed by atoms with Gasteiger partial charge in [0.1, 0.15) is 0 Å². The van der Waals surface area contributed by atoms with Crippen LogP contribution >= 0.6 is 0 Å². The van der Waals surface area contributed by atoms with Gasteiger partial charge in [-0.3, -0.25) is 4.90 Å². The Morgan fingerprint density at radius 3 is 2.14 bits per heavy atom. The molecule has 0 saturated heterocycles. The summed E-state index contributed by atoms with van der Waals surface area (Å²) in [7, 11) is -4.14. The third-order valence-corrected chi connectivity index (χ3v) is 2.43. The van der Waals surface area contributed by atoms with Crippen molar-refractivity contribution in [2.75, 3.05) is 25.4 Å². The van der Waals surface area contributed by atoms with Crippen molar-refractivity contribution in [3.05, 3.63) is 0 Å². The van der Waals surface area contributed by atoms with Crippen molar-refractivity contribution in [1.82, 2.24) is 4.90 Å². The normalized spacial score (nSPS) is 11.9. The van der Waals surface area contributed by atoms with Crippen LogP contribution in [0.2, 0.25) is 0 Å². The summed E-state index contributed by atoms with van der Waals surface area (Å²) < 4.78 is 31.0. The molecule has 0 heterocycles. The maximum absolute atomic E-state index is 10.3. The molecule has 0 aromatic heterocycles. The SMILES string of the molecule is CC(C)N(CCO)CCS(=O)(=O)[O-].[Na+]. The minimum Gasteiger partial charge on any atom is -0.748 e. The quantitative estimate of drug-likeness (QED) is 0.376. The molecule has 14 heavy (non-hydrogen) atoms.